The predicted octanol–water partition coefficient (Wildman–Crippen LogP) is 3.66. The normalized spacial score (nSPS) is 16.2. The van der Waals surface area contributed by atoms with E-state index in [1.54, 1.807) is 30.0 Å². The zero-order valence-corrected chi connectivity index (χ0v) is 15.0. The fourth-order valence-electron chi connectivity index (χ4n) is 2.55. The van der Waals surface area contributed by atoms with E-state index in [1.807, 2.05) is 13.8 Å². The van der Waals surface area contributed by atoms with E-state index in [0.717, 1.165) is 0 Å². The standard InChI is InChI=1S/C18H26N2O4/c1-6-23-17(22)19-13-7-8-15-14(9-13)20(10-12(2)3)16(21)18(4,5)11-24-15/h7-9,12H,6,10-11H2,1-5H3,(H,19,22). The van der Waals surface area contributed by atoms with Gasteiger partial charge < -0.3 is 14.4 Å². The van der Waals surface area contributed by atoms with Crippen molar-refractivity contribution < 1.29 is 19.1 Å². The van der Waals surface area contributed by atoms with Crippen LogP contribution in [0.5, 0.6) is 5.75 Å². The highest BCUT2D eigenvalue weighted by Crippen LogP contribution is 2.38. The number of hydrogen-bond acceptors (Lipinski definition) is 4. The van der Waals surface area contributed by atoms with Crippen LogP contribution in [0.25, 0.3) is 0 Å². The summed E-state index contributed by atoms with van der Waals surface area (Å²) in [5, 5.41) is 2.67. The second kappa shape index (κ2) is 7.11. The number of nitrogens with one attached hydrogen (secondary N) is 1. The van der Waals surface area contributed by atoms with E-state index in [1.165, 1.54) is 0 Å². The fraction of sp³-hybridized carbons (Fsp3) is 0.556. The van der Waals surface area contributed by atoms with Gasteiger partial charge >= 0.3 is 6.09 Å². The van der Waals surface area contributed by atoms with E-state index in [-0.39, 0.29) is 5.91 Å². The molecule has 6 nitrogen and oxygen atoms in total. The minimum Gasteiger partial charge on any atom is -0.490 e. The molecule has 1 N–H and O–H groups in total. The van der Waals surface area contributed by atoms with Crippen molar-refractivity contribution in [2.45, 2.75) is 34.6 Å². The van der Waals surface area contributed by atoms with Crippen LogP contribution in [0.3, 0.4) is 0 Å². The molecular formula is C18H26N2O4. The molecule has 0 bridgehead atoms. The predicted molar refractivity (Wildman–Crippen MR) is 93.6 cm³/mol. The number of benzene rings is 1. The Hall–Kier alpha value is -2.24. The molecule has 1 aliphatic rings. The molecule has 0 aromatic heterocycles. The SMILES string of the molecule is CCOC(=O)Nc1ccc2c(c1)N(CC(C)C)C(=O)C(C)(C)CO2. The van der Waals surface area contributed by atoms with Gasteiger partial charge in [0.25, 0.3) is 0 Å². The summed E-state index contributed by atoms with van der Waals surface area (Å²) >= 11 is 0. The summed E-state index contributed by atoms with van der Waals surface area (Å²) in [7, 11) is 0. The van der Waals surface area contributed by atoms with E-state index in [4.69, 9.17) is 9.47 Å². The first-order valence-electron chi connectivity index (χ1n) is 8.27. The Balaban J connectivity index is 2.39. The largest absolute Gasteiger partial charge is 0.490 e. The molecule has 0 saturated heterocycles. The van der Waals surface area contributed by atoms with Crippen LogP contribution in [0, 0.1) is 11.3 Å². The van der Waals surface area contributed by atoms with Gasteiger partial charge in [0.05, 0.1) is 17.7 Å². The number of rotatable bonds is 4. The second-order valence-electron chi connectivity index (χ2n) is 7.01. The van der Waals surface area contributed by atoms with Gasteiger partial charge in [-0.15, -0.1) is 0 Å². The number of anilines is 2. The summed E-state index contributed by atoms with van der Waals surface area (Å²) in [6.45, 7) is 10.8. The van der Waals surface area contributed by atoms with Crippen molar-refractivity contribution in [3.05, 3.63) is 18.2 Å². The van der Waals surface area contributed by atoms with Crippen LogP contribution in [0.1, 0.15) is 34.6 Å². The second-order valence-corrected chi connectivity index (χ2v) is 7.01. The summed E-state index contributed by atoms with van der Waals surface area (Å²) in [5.41, 5.74) is 0.633. The first-order chi connectivity index (χ1) is 11.2. The number of hydrogen-bond donors (Lipinski definition) is 1. The highest BCUT2D eigenvalue weighted by Gasteiger charge is 2.38. The summed E-state index contributed by atoms with van der Waals surface area (Å²) in [6.07, 6.45) is -0.519. The van der Waals surface area contributed by atoms with Crippen LogP contribution in [0.15, 0.2) is 18.2 Å². The molecule has 1 aromatic rings. The Labute approximate surface area is 143 Å². The lowest BCUT2D eigenvalue weighted by molar-refractivity contribution is -0.127. The Morgan fingerprint density at radius 2 is 2.12 bits per heavy atom. The third-order valence-corrected chi connectivity index (χ3v) is 3.73. The maximum atomic E-state index is 12.9. The van der Waals surface area contributed by atoms with Crippen molar-refractivity contribution >= 4 is 23.4 Å². The Kier molecular flexibility index (Phi) is 5.36. The Bertz CT molecular complexity index is 625. The summed E-state index contributed by atoms with van der Waals surface area (Å²) in [4.78, 5) is 26.3. The maximum absolute atomic E-state index is 12.9. The van der Waals surface area contributed by atoms with Gasteiger partial charge in [0.2, 0.25) is 5.91 Å². The zero-order valence-electron chi connectivity index (χ0n) is 15.0. The Morgan fingerprint density at radius 1 is 1.42 bits per heavy atom. The molecule has 1 aliphatic heterocycles. The van der Waals surface area contributed by atoms with E-state index in [0.29, 0.717) is 42.8 Å². The number of amides is 2. The van der Waals surface area contributed by atoms with Gasteiger partial charge in [-0.2, -0.15) is 0 Å². The molecule has 0 fully saturated rings. The summed E-state index contributed by atoms with van der Waals surface area (Å²) in [5.74, 6) is 0.963. The monoisotopic (exact) mass is 334 g/mol. The van der Waals surface area contributed by atoms with Gasteiger partial charge in [0.1, 0.15) is 12.4 Å². The van der Waals surface area contributed by atoms with Crippen LogP contribution in [-0.4, -0.2) is 31.8 Å². The van der Waals surface area contributed by atoms with Gasteiger partial charge in [-0.3, -0.25) is 10.1 Å². The third-order valence-electron chi connectivity index (χ3n) is 3.73. The molecule has 24 heavy (non-hydrogen) atoms. The average molecular weight is 334 g/mol. The molecule has 0 spiro atoms. The lowest BCUT2D eigenvalue weighted by Gasteiger charge is -2.29. The molecule has 2 amide bonds. The lowest BCUT2D eigenvalue weighted by Crippen LogP contribution is -2.43. The molecule has 132 valence electrons. The first kappa shape index (κ1) is 18.1. The van der Waals surface area contributed by atoms with E-state index < -0.39 is 11.5 Å². The van der Waals surface area contributed by atoms with E-state index >= 15 is 0 Å². The number of ether oxygens (including phenoxy) is 2. The van der Waals surface area contributed by atoms with Crippen LogP contribution in [0.2, 0.25) is 0 Å². The molecule has 0 atom stereocenters. The molecule has 0 radical (unpaired) electrons. The summed E-state index contributed by atoms with van der Waals surface area (Å²) < 4.78 is 10.7. The van der Waals surface area contributed by atoms with Gasteiger partial charge in [-0.1, -0.05) is 13.8 Å². The van der Waals surface area contributed by atoms with Crippen molar-refractivity contribution in [2.75, 3.05) is 30.0 Å². The minimum atomic E-state index is -0.608. The van der Waals surface area contributed by atoms with Crippen LogP contribution in [-0.2, 0) is 9.53 Å². The molecular weight excluding hydrogens is 308 g/mol. The molecule has 0 saturated carbocycles. The first-order valence-corrected chi connectivity index (χ1v) is 8.27. The van der Waals surface area contributed by atoms with Gasteiger partial charge in [0, 0.05) is 12.2 Å². The van der Waals surface area contributed by atoms with Gasteiger partial charge in [0.15, 0.2) is 0 Å². The number of fused-ring (bicyclic) bond motifs is 1. The number of carbonyl (C=O) groups is 2. The van der Waals surface area contributed by atoms with Crippen molar-refractivity contribution in [3.8, 4) is 5.75 Å². The van der Waals surface area contributed by atoms with Gasteiger partial charge in [-0.25, -0.2) is 4.79 Å². The topological polar surface area (TPSA) is 67.9 Å². The van der Waals surface area contributed by atoms with Gasteiger partial charge in [-0.05, 0) is 44.9 Å². The zero-order chi connectivity index (χ0) is 17.9. The summed E-state index contributed by atoms with van der Waals surface area (Å²) in [6, 6.07) is 5.28. The highest BCUT2D eigenvalue weighted by atomic mass is 16.5. The molecule has 0 unspecified atom stereocenters. The molecule has 6 heteroatoms. The quantitative estimate of drug-likeness (QED) is 0.912. The molecule has 2 rings (SSSR count). The number of nitrogens with zero attached hydrogens (tertiary/aromatic N) is 1. The third kappa shape index (κ3) is 3.99. The van der Waals surface area contributed by atoms with Crippen molar-refractivity contribution in [1.29, 1.82) is 0 Å². The molecule has 1 heterocycles. The molecule has 1 aromatic carbocycles. The van der Waals surface area contributed by atoms with E-state index in [9.17, 15) is 9.59 Å². The fourth-order valence-corrected chi connectivity index (χ4v) is 2.55. The van der Waals surface area contributed by atoms with Crippen LogP contribution >= 0.6 is 0 Å². The molecule has 0 aliphatic carbocycles. The van der Waals surface area contributed by atoms with E-state index in [2.05, 4.69) is 19.2 Å². The van der Waals surface area contributed by atoms with Crippen LogP contribution < -0.4 is 15.0 Å². The van der Waals surface area contributed by atoms with Crippen molar-refractivity contribution in [1.82, 2.24) is 0 Å². The smallest absolute Gasteiger partial charge is 0.411 e. The number of carbonyl (C=O) groups excluding carboxylic acids is 2. The van der Waals surface area contributed by atoms with Crippen molar-refractivity contribution in [2.24, 2.45) is 11.3 Å². The lowest BCUT2D eigenvalue weighted by atomic mass is 9.92. The van der Waals surface area contributed by atoms with Crippen molar-refractivity contribution in [3.63, 3.8) is 0 Å². The Morgan fingerprint density at radius 3 is 2.75 bits per heavy atom. The highest BCUT2D eigenvalue weighted by molar-refractivity contribution is 6.00. The van der Waals surface area contributed by atoms with Crippen LogP contribution in [0.4, 0.5) is 16.2 Å². The average Bonchev–Trinajstić information content (AvgIpc) is 2.58. The minimum absolute atomic E-state index is 0.0169. The maximum Gasteiger partial charge on any atom is 0.411 e.